The Kier molecular flexibility index (Phi) is 5.96. The van der Waals surface area contributed by atoms with E-state index in [1.165, 1.54) is 0 Å². The van der Waals surface area contributed by atoms with E-state index in [0.29, 0.717) is 32.5 Å². The molecule has 21 heavy (non-hydrogen) atoms. The normalized spacial score (nSPS) is 25.4. The molecule has 2 fully saturated rings. The van der Waals surface area contributed by atoms with Crippen molar-refractivity contribution in [3.63, 3.8) is 0 Å². The Morgan fingerprint density at radius 1 is 1.29 bits per heavy atom. The number of ether oxygens (including phenoxy) is 1. The van der Waals surface area contributed by atoms with E-state index in [-0.39, 0.29) is 23.8 Å². The van der Waals surface area contributed by atoms with Crippen molar-refractivity contribution in [2.75, 3.05) is 39.3 Å². The quantitative estimate of drug-likeness (QED) is 0.410. The van der Waals surface area contributed by atoms with Crippen molar-refractivity contribution in [1.82, 2.24) is 15.2 Å². The molecule has 120 valence electrons. The minimum absolute atomic E-state index is 0.0642. The van der Waals surface area contributed by atoms with E-state index in [9.17, 15) is 9.59 Å². The van der Waals surface area contributed by atoms with Crippen LogP contribution in [0.1, 0.15) is 26.2 Å². The third kappa shape index (κ3) is 4.66. The summed E-state index contributed by atoms with van der Waals surface area (Å²) < 4.78 is 5.59. The second-order valence-electron chi connectivity index (χ2n) is 5.93. The van der Waals surface area contributed by atoms with Gasteiger partial charge in [-0.05, 0) is 26.2 Å². The molecular weight excluding hydrogens is 272 g/mol. The Morgan fingerprint density at radius 3 is 2.67 bits per heavy atom. The summed E-state index contributed by atoms with van der Waals surface area (Å²) in [6.45, 7) is 6.24. The van der Waals surface area contributed by atoms with Crippen LogP contribution in [0, 0.1) is 5.92 Å². The molecular formula is C14H26N4O3. The highest BCUT2D eigenvalue weighted by Gasteiger charge is 2.28. The van der Waals surface area contributed by atoms with E-state index < -0.39 is 0 Å². The molecule has 2 heterocycles. The van der Waals surface area contributed by atoms with Gasteiger partial charge in [0.15, 0.2) is 0 Å². The van der Waals surface area contributed by atoms with Gasteiger partial charge in [0, 0.05) is 38.7 Å². The average Bonchev–Trinajstić information content (AvgIpc) is 2.70. The summed E-state index contributed by atoms with van der Waals surface area (Å²) in [4.78, 5) is 27.8. The first-order valence-corrected chi connectivity index (χ1v) is 7.72. The van der Waals surface area contributed by atoms with Gasteiger partial charge in [0.2, 0.25) is 11.8 Å². The molecule has 1 atom stereocenters. The largest absolute Gasteiger partial charge is 0.377 e. The highest BCUT2D eigenvalue weighted by Crippen LogP contribution is 2.17. The predicted molar refractivity (Wildman–Crippen MR) is 78.1 cm³/mol. The first kappa shape index (κ1) is 16.2. The smallest absolute Gasteiger partial charge is 0.237 e. The minimum atomic E-state index is -0.124. The Labute approximate surface area is 125 Å². The molecule has 0 aromatic carbocycles. The van der Waals surface area contributed by atoms with Gasteiger partial charge in [0.05, 0.1) is 12.6 Å². The number of amides is 2. The van der Waals surface area contributed by atoms with E-state index in [0.717, 1.165) is 26.1 Å². The van der Waals surface area contributed by atoms with E-state index >= 15 is 0 Å². The van der Waals surface area contributed by atoms with Crippen LogP contribution in [0.15, 0.2) is 0 Å². The summed E-state index contributed by atoms with van der Waals surface area (Å²) in [5.41, 5.74) is 2.19. The number of nitrogens with two attached hydrogens (primary N) is 1. The summed E-state index contributed by atoms with van der Waals surface area (Å²) in [7, 11) is 0. The maximum Gasteiger partial charge on any atom is 0.237 e. The van der Waals surface area contributed by atoms with Crippen molar-refractivity contribution in [3.8, 4) is 0 Å². The molecule has 7 heteroatoms. The van der Waals surface area contributed by atoms with Crippen LogP contribution >= 0.6 is 0 Å². The Morgan fingerprint density at radius 2 is 2.00 bits per heavy atom. The summed E-state index contributed by atoms with van der Waals surface area (Å²) >= 11 is 0. The van der Waals surface area contributed by atoms with Gasteiger partial charge in [-0.2, -0.15) is 0 Å². The van der Waals surface area contributed by atoms with Crippen molar-refractivity contribution in [2.24, 2.45) is 11.8 Å². The van der Waals surface area contributed by atoms with Crippen LogP contribution in [0.3, 0.4) is 0 Å². The van der Waals surface area contributed by atoms with Crippen LogP contribution in [0.2, 0.25) is 0 Å². The summed E-state index contributed by atoms with van der Waals surface area (Å²) in [6, 6.07) is 0. The van der Waals surface area contributed by atoms with Crippen molar-refractivity contribution in [1.29, 1.82) is 0 Å². The lowest BCUT2D eigenvalue weighted by atomic mass is 9.96. The zero-order valence-corrected chi connectivity index (χ0v) is 12.7. The van der Waals surface area contributed by atoms with Crippen LogP contribution in [-0.2, 0) is 14.3 Å². The summed E-state index contributed by atoms with van der Waals surface area (Å²) in [6.07, 6.45) is 2.53. The first-order valence-electron chi connectivity index (χ1n) is 7.72. The number of likely N-dealkylation sites (tertiary alicyclic amines) is 1. The number of carbonyl (C=O) groups is 2. The van der Waals surface area contributed by atoms with Gasteiger partial charge in [-0.15, -0.1) is 0 Å². The average molecular weight is 298 g/mol. The van der Waals surface area contributed by atoms with Crippen molar-refractivity contribution in [2.45, 2.75) is 32.3 Å². The van der Waals surface area contributed by atoms with Crippen LogP contribution < -0.4 is 11.3 Å². The maximum absolute atomic E-state index is 12.3. The van der Waals surface area contributed by atoms with Gasteiger partial charge in [0.1, 0.15) is 0 Å². The lowest BCUT2D eigenvalue weighted by Crippen LogP contribution is -2.48. The fraction of sp³-hybridized carbons (Fsp3) is 0.857. The lowest BCUT2D eigenvalue weighted by molar-refractivity contribution is -0.136. The molecule has 2 aliphatic rings. The second kappa shape index (κ2) is 7.72. The zero-order chi connectivity index (χ0) is 15.2. The van der Waals surface area contributed by atoms with Gasteiger partial charge >= 0.3 is 0 Å². The number of rotatable bonds is 3. The lowest BCUT2D eigenvalue weighted by Gasteiger charge is -2.32. The molecule has 0 aromatic rings. The Hall–Kier alpha value is -1.18. The molecule has 0 aromatic heterocycles. The van der Waals surface area contributed by atoms with Gasteiger partial charge < -0.3 is 9.64 Å². The van der Waals surface area contributed by atoms with E-state index in [4.69, 9.17) is 10.6 Å². The number of hydrogen-bond donors (Lipinski definition) is 2. The molecule has 7 nitrogen and oxygen atoms in total. The van der Waals surface area contributed by atoms with Crippen LogP contribution in [0.25, 0.3) is 0 Å². The van der Waals surface area contributed by atoms with Gasteiger partial charge in [0.25, 0.3) is 0 Å². The number of carbonyl (C=O) groups excluding carboxylic acids is 2. The number of nitrogens with one attached hydrogen (secondary N) is 1. The van der Waals surface area contributed by atoms with E-state index in [1.54, 1.807) is 0 Å². The highest BCUT2D eigenvalue weighted by molar-refractivity contribution is 5.80. The van der Waals surface area contributed by atoms with Crippen LogP contribution in [0.4, 0.5) is 0 Å². The third-order valence-electron chi connectivity index (χ3n) is 4.26. The molecule has 2 saturated heterocycles. The molecule has 0 bridgehead atoms. The maximum atomic E-state index is 12.3. The molecule has 3 N–H and O–H groups in total. The fourth-order valence-corrected chi connectivity index (χ4v) is 3.02. The number of piperidine rings is 1. The molecule has 2 rings (SSSR count). The minimum Gasteiger partial charge on any atom is -0.377 e. The molecule has 2 aliphatic heterocycles. The van der Waals surface area contributed by atoms with Gasteiger partial charge in [-0.25, -0.2) is 5.84 Å². The monoisotopic (exact) mass is 298 g/mol. The van der Waals surface area contributed by atoms with Crippen molar-refractivity contribution < 1.29 is 14.3 Å². The molecule has 2 amide bonds. The summed E-state index contributed by atoms with van der Waals surface area (Å²) in [5, 5.41) is 0. The predicted octanol–water partition coefficient (Wildman–Crippen LogP) is -0.674. The zero-order valence-electron chi connectivity index (χ0n) is 12.7. The molecule has 0 saturated carbocycles. The highest BCUT2D eigenvalue weighted by atomic mass is 16.5. The molecule has 0 radical (unpaired) electrons. The first-order chi connectivity index (χ1) is 10.1. The topological polar surface area (TPSA) is 87.9 Å². The second-order valence-corrected chi connectivity index (χ2v) is 5.93. The van der Waals surface area contributed by atoms with E-state index in [2.05, 4.69) is 10.3 Å². The number of nitrogens with zero attached hydrogens (tertiary/aromatic N) is 2. The standard InChI is InChI=1S/C14H26N4O3/c1-11-9-17(5-2-8-21-11)10-13(19)18-6-3-12(4-7-18)14(20)16-15/h11-12H,2-10,15H2,1H3,(H,16,20). The van der Waals surface area contributed by atoms with Crippen LogP contribution in [-0.4, -0.2) is 67.0 Å². The molecule has 0 aliphatic carbocycles. The third-order valence-corrected chi connectivity index (χ3v) is 4.26. The summed E-state index contributed by atoms with van der Waals surface area (Å²) in [5.74, 6) is 5.11. The number of hydrogen-bond acceptors (Lipinski definition) is 5. The Balaban J connectivity index is 1.77. The SMILES string of the molecule is CC1CN(CC(=O)N2CCC(C(=O)NN)CC2)CCCO1. The van der Waals surface area contributed by atoms with Crippen LogP contribution in [0.5, 0.6) is 0 Å². The Bertz CT molecular complexity index is 369. The van der Waals surface area contributed by atoms with Crippen molar-refractivity contribution >= 4 is 11.8 Å². The fourth-order valence-electron chi connectivity index (χ4n) is 3.02. The van der Waals surface area contributed by atoms with E-state index in [1.807, 2.05) is 11.8 Å². The molecule has 1 unspecified atom stereocenters. The van der Waals surface area contributed by atoms with Gasteiger partial charge in [-0.1, -0.05) is 0 Å². The van der Waals surface area contributed by atoms with Crippen molar-refractivity contribution in [3.05, 3.63) is 0 Å². The van der Waals surface area contributed by atoms with Gasteiger partial charge in [-0.3, -0.25) is 19.9 Å². The number of hydrazine groups is 1. The molecule has 0 spiro atoms.